The number of ether oxygens (including phenoxy) is 1. The first-order valence-corrected chi connectivity index (χ1v) is 8.06. The SMILES string of the molecule is CC1CN(CCN)CCO1.O=S(=O)(O)O.O=S(=O)(O)O. The van der Waals surface area contributed by atoms with E-state index in [1.807, 2.05) is 0 Å². The van der Waals surface area contributed by atoms with Crippen LogP contribution in [0.2, 0.25) is 0 Å². The van der Waals surface area contributed by atoms with Gasteiger partial charge in [0.25, 0.3) is 0 Å². The lowest BCUT2D eigenvalue weighted by atomic mass is 10.3. The van der Waals surface area contributed by atoms with Gasteiger partial charge in [-0.15, -0.1) is 0 Å². The van der Waals surface area contributed by atoms with Crippen molar-refractivity contribution < 1.29 is 39.8 Å². The first kappa shape index (κ1) is 21.9. The van der Waals surface area contributed by atoms with Gasteiger partial charge in [-0.2, -0.15) is 16.8 Å². The van der Waals surface area contributed by atoms with E-state index in [1.54, 1.807) is 0 Å². The van der Waals surface area contributed by atoms with Crippen molar-refractivity contribution in [1.82, 2.24) is 4.90 Å². The Balaban J connectivity index is 0. The van der Waals surface area contributed by atoms with Crippen molar-refractivity contribution in [3.8, 4) is 0 Å². The number of nitrogens with two attached hydrogens (primary N) is 1. The van der Waals surface area contributed by atoms with Crippen LogP contribution in [0.1, 0.15) is 6.92 Å². The molecular weight excluding hydrogens is 320 g/mol. The lowest BCUT2D eigenvalue weighted by molar-refractivity contribution is -0.0170. The van der Waals surface area contributed by atoms with Gasteiger partial charge in [0.05, 0.1) is 12.7 Å². The largest absolute Gasteiger partial charge is 0.394 e. The fourth-order valence-corrected chi connectivity index (χ4v) is 1.28. The van der Waals surface area contributed by atoms with Crippen LogP contribution in [0.5, 0.6) is 0 Å². The van der Waals surface area contributed by atoms with E-state index in [2.05, 4.69) is 11.8 Å². The van der Waals surface area contributed by atoms with Crippen LogP contribution in [-0.2, 0) is 25.5 Å². The van der Waals surface area contributed by atoms with E-state index >= 15 is 0 Å². The summed E-state index contributed by atoms with van der Waals surface area (Å²) in [5.74, 6) is 0. The normalized spacial score (nSPS) is 20.2. The molecule has 1 atom stereocenters. The second-order valence-electron chi connectivity index (χ2n) is 3.67. The third kappa shape index (κ3) is 30.6. The molecule has 1 unspecified atom stereocenters. The number of rotatable bonds is 2. The van der Waals surface area contributed by atoms with Gasteiger partial charge < -0.3 is 10.5 Å². The first-order chi connectivity index (χ1) is 8.83. The van der Waals surface area contributed by atoms with Crippen molar-refractivity contribution in [2.75, 3.05) is 32.8 Å². The molecule has 0 aromatic rings. The Hall–Kier alpha value is -0.380. The van der Waals surface area contributed by atoms with Crippen molar-refractivity contribution in [2.24, 2.45) is 5.73 Å². The summed E-state index contributed by atoms with van der Waals surface area (Å²) in [5, 5.41) is 0. The lowest BCUT2D eigenvalue weighted by Crippen LogP contribution is -2.43. The number of morpholine rings is 1. The minimum atomic E-state index is -4.67. The molecule has 0 bridgehead atoms. The van der Waals surface area contributed by atoms with Gasteiger partial charge in [0.15, 0.2) is 0 Å². The Bertz CT molecular complexity index is 387. The molecule has 1 aliphatic rings. The number of nitrogens with zero attached hydrogens (tertiary/aromatic N) is 1. The fraction of sp³-hybridized carbons (Fsp3) is 1.00. The zero-order chi connectivity index (χ0) is 16.4. The van der Waals surface area contributed by atoms with Crippen molar-refractivity contribution in [1.29, 1.82) is 0 Å². The van der Waals surface area contributed by atoms with Crippen LogP contribution >= 0.6 is 0 Å². The van der Waals surface area contributed by atoms with Gasteiger partial charge in [0.1, 0.15) is 0 Å². The van der Waals surface area contributed by atoms with E-state index in [9.17, 15) is 0 Å². The van der Waals surface area contributed by atoms with Gasteiger partial charge in [-0.05, 0) is 6.92 Å². The lowest BCUT2D eigenvalue weighted by Gasteiger charge is -2.30. The number of hydrogen-bond donors (Lipinski definition) is 5. The summed E-state index contributed by atoms with van der Waals surface area (Å²) in [6.45, 7) is 6.81. The Morgan fingerprint density at radius 3 is 1.85 bits per heavy atom. The van der Waals surface area contributed by atoms with Crippen LogP contribution in [-0.4, -0.2) is 78.8 Å². The molecule has 124 valence electrons. The molecule has 6 N–H and O–H groups in total. The quantitative estimate of drug-likeness (QED) is 0.362. The molecule has 0 saturated carbocycles. The Labute approximate surface area is 117 Å². The smallest absolute Gasteiger partial charge is 0.376 e. The Kier molecular flexibility index (Phi) is 11.4. The molecule has 0 amide bonds. The van der Waals surface area contributed by atoms with Crippen LogP contribution in [0.25, 0.3) is 0 Å². The molecule has 1 heterocycles. The average Bonchev–Trinajstić information content (AvgIpc) is 2.12. The van der Waals surface area contributed by atoms with Crippen molar-refractivity contribution >= 4 is 20.8 Å². The Morgan fingerprint density at radius 1 is 1.15 bits per heavy atom. The van der Waals surface area contributed by atoms with Gasteiger partial charge in [-0.1, -0.05) is 0 Å². The molecule has 0 aliphatic carbocycles. The third-order valence-corrected chi connectivity index (χ3v) is 1.77. The maximum Gasteiger partial charge on any atom is 0.394 e. The highest BCUT2D eigenvalue weighted by molar-refractivity contribution is 7.80. The average molecular weight is 340 g/mol. The molecule has 11 nitrogen and oxygen atoms in total. The molecule has 1 aliphatic heterocycles. The number of hydrogen-bond acceptors (Lipinski definition) is 7. The molecule has 0 aromatic heterocycles. The molecule has 1 fully saturated rings. The van der Waals surface area contributed by atoms with Crippen molar-refractivity contribution in [2.45, 2.75) is 13.0 Å². The van der Waals surface area contributed by atoms with E-state index < -0.39 is 20.8 Å². The van der Waals surface area contributed by atoms with Crippen molar-refractivity contribution in [3.05, 3.63) is 0 Å². The summed E-state index contributed by atoms with van der Waals surface area (Å²) in [7, 11) is -9.33. The van der Waals surface area contributed by atoms with Gasteiger partial charge >= 0.3 is 20.8 Å². The maximum absolute atomic E-state index is 8.74. The second-order valence-corrected chi connectivity index (χ2v) is 5.46. The summed E-state index contributed by atoms with van der Waals surface area (Å²) in [4.78, 5) is 2.34. The molecule has 0 radical (unpaired) electrons. The van der Waals surface area contributed by atoms with Crippen LogP contribution in [0, 0.1) is 0 Å². The summed E-state index contributed by atoms with van der Waals surface area (Å²) >= 11 is 0. The summed E-state index contributed by atoms with van der Waals surface area (Å²) < 4.78 is 68.5. The zero-order valence-electron chi connectivity index (χ0n) is 10.8. The zero-order valence-corrected chi connectivity index (χ0v) is 12.4. The fourth-order valence-electron chi connectivity index (χ4n) is 1.28. The van der Waals surface area contributed by atoms with Crippen LogP contribution < -0.4 is 5.73 Å². The van der Waals surface area contributed by atoms with Gasteiger partial charge in [-0.3, -0.25) is 23.1 Å². The third-order valence-electron chi connectivity index (χ3n) is 1.77. The van der Waals surface area contributed by atoms with E-state index in [0.29, 0.717) is 6.10 Å². The standard InChI is InChI=1S/C7H16N2O.2H2O4S/c1-7-6-9(3-2-8)4-5-10-7;2*1-5(2,3)4/h7H,2-6,8H2,1H3;2*(H2,1,2,3,4). The molecule has 0 spiro atoms. The van der Waals surface area contributed by atoms with Crippen LogP contribution in [0.4, 0.5) is 0 Å². The van der Waals surface area contributed by atoms with Gasteiger partial charge in [-0.25, -0.2) is 0 Å². The van der Waals surface area contributed by atoms with Crippen molar-refractivity contribution in [3.63, 3.8) is 0 Å². The van der Waals surface area contributed by atoms with Gasteiger partial charge in [0, 0.05) is 26.2 Å². The van der Waals surface area contributed by atoms with E-state index in [4.69, 9.17) is 45.5 Å². The molecule has 0 aromatic carbocycles. The predicted molar refractivity (Wildman–Crippen MR) is 69.3 cm³/mol. The Morgan fingerprint density at radius 2 is 1.55 bits per heavy atom. The van der Waals surface area contributed by atoms with E-state index in [0.717, 1.165) is 32.8 Å². The highest BCUT2D eigenvalue weighted by atomic mass is 32.3. The minimum Gasteiger partial charge on any atom is -0.376 e. The highest BCUT2D eigenvalue weighted by Crippen LogP contribution is 2.02. The second kappa shape index (κ2) is 10.4. The molecular formula is C7H20N2O9S2. The summed E-state index contributed by atoms with van der Waals surface area (Å²) in [6.07, 6.45) is 0.389. The topological polar surface area (TPSA) is 188 Å². The minimum absolute atomic E-state index is 0.389. The van der Waals surface area contributed by atoms with Gasteiger partial charge in [0.2, 0.25) is 0 Å². The van der Waals surface area contributed by atoms with E-state index in [1.165, 1.54) is 0 Å². The maximum atomic E-state index is 8.74. The summed E-state index contributed by atoms with van der Waals surface area (Å²) in [6, 6.07) is 0. The summed E-state index contributed by atoms with van der Waals surface area (Å²) in [5.41, 5.74) is 5.42. The van der Waals surface area contributed by atoms with Crippen LogP contribution in [0.3, 0.4) is 0 Å². The monoisotopic (exact) mass is 340 g/mol. The van der Waals surface area contributed by atoms with E-state index in [-0.39, 0.29) is 0 Å². The molecule has 1 rings (SSSR count). The molecule has 20 heavy (non-hydrogen) atoms. The first-order valence-electron chi connectivity index (χ1n) is 5.26. The highest BCUT2D eigenvalue weighted by Gasteiger charge is 2.14. The van der Waals surface area contributed by atoms with Crippen LogP contribution in [0.15, 0.2) is 0 Å². The molecule has 13 heteroatoms. The predicted octanol–water partition coefficient (Wildman–Crippen LogP) is -1.64. The molecule has 1 saturated heterocycles.